The molecule has 7 rings (SSSR count). The van der Waals surface area contributed by atoms with Crippen molar-refractivity contribution in [2.45, 2.75) is 125 Å². The van der Waals surface area contributed by atoms with Crippen LogP contribution < -0.4 is 11.1 Å². The van der Waals surface area contributed by atoms with Crippen molar-refractivity contribution in [1.82, 2.24) is 20.1 Å². The summed E-state index contributed by atoms with van der Waals surface area (Å²) in [6.07, 6.45) is 9.71. The SMILES string of the molecule is CC(C)[C@@H](C)[C@@]1(C)CC[C@]2(C)[C@H]3CC[C@@H]4[C@@]5(COC[C@@]4(C)[C@@H](OC[C@](C)(N)C(C)C)[C@H](n4ncnc4C4=NCCN4)C5)C3=CC[C@@]2(C)[C@@H]1C(=O)O. The highest BCUT2D eigenvalue weighted by atomic mass is 16.5. The summed E-state index contributed by atoms with van der Waals surface area (Å²) in [5.74, 6) is 2.16. The summed E-state index contributed by atoms with van der Waals surface area (Å²) in [6, 6.07) is -0.102. The maximum atomic E-state index is 13.5. The van der Waals surface area contributed by atoms with Gasteiger partial charge in [-0.05, 0) is 91.3 Å². The summed E-state index contributed by atoms with van der Waals surface area (Å²) in [5.41, 5.74) is 6.61. The van der Waals surface area contributed by atoms with Gasteiger partial charge in [-0.25, -0.2) is 9.67 Å². The molecule has 0 aromatic carbocycles. The first-order valence-electron chi connectivity index (χ1n) is 20.0. The highest BCUT2D eigenvalue weighted by molar-refractivity contribution is 5.96. The second-order valence-corrected chi connectivity index (χ2v) is 19.7. The molecule has 2 aliphatic heterocycles. The zero-order chi connectivity index (χ0) is 36.9. The van der Waals surface area contributed by atoms with Crippen LogP contribution in [0.3, 0.4) is 0 Å². The minimum Gasteiger partial charge on any atom is -0.481 e. The van der Waals surface area contributed by atoms with E-state index in [1.807, 2.05) is 0 Å². The van der Waals surface area contributed by atoms with E-state index in [2.05, 4.69) is 85.3 Å². The quantitative estimate of drug-likeness (QED) is 0.247. The molecular formula is C41H66N6O4. The number of fused-ring (bicyclic) bond motifs is 3. The van der Waals surface area contributed by atoms with Gasteiger partial charge in [0.2, 0.25) is 0 Å². The predicted octanol–water partition coefficient (Wildman–Crippen LogP) is 6.52. The topological polar surface area (TPSA) is 137 Å². The smallest absolute Gasteiger partial charge is 0.307 e. The van der Waals surface area contributed by atoms with Crippen LogP contribution in [0.2, 0.25) is 0 Å². The van der Waals surface area contributed by atoms with Gasteiger partial charge in [-0.15, -0.1) is 0 Å². The minimum atomic E-state index is -0.621. The fraction of sp³-hybridized carbons (Fsp3) is 0.854. The van der Waals surface area contributed by atoms with Crippen molar-refractivity contribution >= 4 is 11.8 Å². The Kier molecular flexibility index (Phi) is 8.98. The number of nitrogens with two attached hydrogens (primary N) is 1. The maximum absolute atomic E-state index is 13.5. The zero-order valence-corrected chi connectivity index (χ0v) is 33.1. The van der Waals surface area contributed by atoms with E-state index in [1.54, 1.807) is 6.33 Å². The number of nitrogens with zero attached hydrogens (tertiary/aromatic N) is 4. The number of hydrogen-bond donors (Lipinski definition) is 3. The second kappa shape index (κ2) is 12.4. The number of hydrogen-bond acceptors (Lipinski definition) is 8. The van der Waals surface area contributed by atoms with Crippen molar-refractivity contribution in [2.75, 3.05) is 32.9 Å². The van der Waals surface area contributed by atoms with Gasteiger partial charge < -0.3 is 25.6 Å². The fourth-order valence-corrected chi connectivity index (χ4v) is 12.8. The molecule has 3 saturated carbocycles. The Bertz CT molecular complexity index is 1580. The third-order valence-electron chi connectivity index (χ3n) is 16.8. The lowest BCUT2D eigenvalue weighted by Gasteiger charge is -2.71. The maximum Gasteiger partial charge on any atom is 0.307 e. The standard InChI is InChI=1S/C41H66N6O4/c1-24(2)26(5)36(6)15-16-38(8)27-11-12-30-37(7)20-50-22-41(30,28(27)13-14-39(38,9)31(36)35(48)49)19-29(32(37)51-21-40(10,42)25(3)4)47-34(45-23-46-47)33-43-17-18-44-33/h13,23-27,29-32H,11-12,14-22,42H2,1-10H3,(H,43,44)(H,48,49)/t26-,27+,29-,30+,31-,32+,36-,37-,38-,39+,40+,41+/m1/s1. The molecule has 0 radical (unpaired) electrons. The van der Waals surface area contributed by atoms with Gasteiger partial charge in [0, 0.05) is 22.9 Å². The Balaban J connectivity index is 1.34. The van der Waals surface area contributed by atoms with Crippen LogP contribution in [0.4, 0.5) is 0 Å². The van der Waals surface area contributed by atoms with E-state index in [0.717, 1.165) is 63.3 Å². The summed E-state index contributed by atoms with van der Waals surface area (Å²) >= 11 is 0. The van der Waals surface area contributed by atoms with Crippen molar-refractivity contribution < 1.29 is 19.4 Å². The van der Waals surface area contributed by atoms with Crippen molar-refractivity contribution in [3.05, 3.63) is 23.8 Å². The number of ether oxygens (including phenoxy) is 2. The molecule has 0 unspecified atom stereocenters. The fourth-order valence-electron chi connectivity index (χ4n) is 12.8. The number of rotatable bonds is 9. The lowest BCUT2D eigenvalue weighted by molar-refractivity contribution is -0.252. The van der Waals surface area contributed by atoms with E-state index in [4.69, 9.17) is 30.3 Å². The van der Waals surface area contributed by atoms with E-state index >= 15 is 0 Å². The number of nitrogens with one attached hydrogen (secondary N) is 1. The molecule has 10 nitrogen and oxygen atoms in total. The number of amidine groups is 1. The normalized spacial score (nSPS) is 43.7. The molecule has 51 heavy (non-hydrogen) atoms. The summed E-state index contributed by atoms with van der Waals surface area (Å²) in [5, 5.41) is 19.5. The van der Waals surface area contributed by atoms with Crippen LogP contribution in [0.15, 0.2) is 23.0 Å². The molecule has 1 saturated heterocycles. The highest BCUT2D eigenvalue weighted by Gasteiger charge is 2.72. The van der Waals surface area contributed by atoms with Gasteiger partial charge in [0.15, 0.2) is 11.7 Å². The Morgan fingerprint density at radius 3 is 2.53 bits per heavy atom. The molecule has 1 aromatic rings. The van der Waals surface area contributed by atoms with Gasteiger partial charge in [-0.2, -0.15) is 5.10 Å². The van der Waals surface area contributed by atoms with Crippen molar-refractivity contribution in [3.63, 3.8) is 0 Å². The number of carbonyl (C=O) groups is 1. The third-order valence-corrected chi connectivity index (χ3v) is 16.8. The van der Waals surface area contributed by atoms with Crippen molar-refractivity contribution in [2.24, 2.45) is 73.3 Å². The third kappa shape index (κ3) is 5.18. The molecule has 2 bridgehead atoms. The largest absolute Gasteiger partial charge is 0.481 e. The molecule has 4 fully saturated rings. The van der Waals surface area contributed by atoms with Crippen LogP contribution in [0, 0.1) is 62.6 Å². The van der Waals surface area contributed by atoms with Gasteiger partial charge in [0.25, 0.3) is 0 Å². The molecule has 0 amide bonds. The van der Waals surface area contributed by atoms with Gasteiger partial charge in [0.1, 0.15) is 6.33 Å². The molecule has 3 heterocycles. The summed E-state index contributed by atoms with van der Waals surface area (Å²) in [7, 11) is 0. The molecule has 1 aromatic heterocycles. The van der Waals surface area contributed by atoms with E-state index in [9.17, 15) is 9.90 Å². The number of aliphatic imine (C=N–C) groups is 1. The van der Waals surface area contributed by atoms with E-state index in [0.29, 0.717) is 43.5 Å². The predicted molar refractivity (Wildman–Crippen MR) is 199 cm³/mol. The monoisotopic (exact) mass is 707 g/mol. The van der Waals surface area contributed by atoms with Gasteiger partial charge >= 0.3 is 5.97 Å². The second-order valence-electron chi connectivity index (χ2n) is 19.7. The van der Waals surface area contributed by atoms with E-state index < -0.39 is 17.4 Å². The summed E-state index contributed by atoms with van der Waals surface area (Å²) in [4.78, 5) is 23.1. The van der Waals surface area contributed by atoms with Crippen molar-refractivity contribution in [1.29, 1.82) is 0 Å². The van der Waals surface area contributed by atoms with Gasteiger partial charge in [0.05, 0.1) is 44.4 Å². The summed E-state index contributed by atoms with van der Waals surface area (Å²) in [6.45, 7) is 25.9. The van der Waals surface area contributed by atoms with Crippen molar-refractivity contribution in [3.8, 4) is 0 Å². The molecule has 10 heteroatoms. The molecule has 4 aliphatic carbocycles. The van der Waals surface area contributed by atoms with Crippen LogP contribution in [0.1, 0.15) is 120 Å². The van der Waals surface area contributed by atoms with E-state index in [-0.39, 0.29) is 45.1 Å². The van der Waals surface area contributed by atoms with Gasteiger partial charge in [-0.3, -0.25) is 9.79 Å². The number of aliphatic carboxylic acids is 1. The number of carboxylic acids is 1. The van der Waals surface area contributed by atoms with E-state index in [1.165, 1.54) is 5.57 Å². The van der Waals surface area contributed by atoms with Crippen LogP contribution in [-0.2, 0) is 14.3 Å². The number of carboxylic acid groups (broad SMARTS) is 1. The first-order valence-corrected chi connectivity index (χ1v) is 20.0. The molecule has 6 aliphatic rings. The average Bonchev–Trinajstić information content (AvgIpc) is 3.76. The Hall–Kier alpha value is -2.30. The first-order chi connectivity index (χ1) is 23.9. The van der Waals surface area contributed by atoms with Crippen LogP contribution >= 0.6 is 0 Å². The van der Waals surface area contributed by atoms with Gasteiger partial charge in [-0.1, -0.05) is 74.0 Å². The van der Waals surface area contributed by atoms with Crippen LogP contribution in [0.25, 0.3) is 0 Å². The van der Waals surface area contributed by atoms with Crippen LogP contribution in [-0.4, -0.2) is 76.2 Å². The first kappa shape index (κ1) is 37.0. The Morgan fingerprint density at radius 2 is 1.88 bits per heavy atom. The number of aromatic nitrogens is 3. The highest BCUT2D eigenvalue weighted by Crippen LogP contribution is 2.75. The molecular weight excluding hydrogens is 640 g/mol. The molecule has 284 valence electrons. The van der Waals surface area contributed by atoms with Crippen LogP contribution in [0.5, 0.6) is 0 Å². The summed E-state index contributed by atoms with van der Waals surface area (Å²) < 4.78 is 16.0. The molecule has 12 atom stereocenters. The zero-order valence-electron chi connectivity index (χ0n) is 33.1. The lowest BCUT2D eigenvalue weighted by atomic mass is 9.34. The average molecular weight is 707 g/mol. The minimum absolute atomic E-state index is 0.102. The lowest BCUT2D eigenvalue weighted by Crippen LogP contribution is -2.69. The number of allylic oxidation sites excluding steroid dienone is 1. The Morgan fingerprint density at radius 1 is 1.14 bits per heavy atom. The molecule has 0 spiro atoms. The Labute approximate surface area is 306 Å². The molecule has 4 N–H and O–H groups in total.